The molecule has 1 N–H and O–H groups in total. The Balaban J connectivity index is 1.89. The molecule has 0 saturated heterocycles. The predicted octanol–water partition coefficient (Wildman–Crippen LogP) is 0.749. The number of nitrogens with one attached hydrogen (secondary N) is 1. The van der Waals surface area contributed by atoms with Crippen LogP contribution in [-0.2, 0) is 11.3 Å². The molecular formula is C9H11N3O2. The van der Waals surface area contributed by atoms with Crippen LogP contribution in [0, 0.1) is 0 Å². The quantitative estimate of drug-likeness (QED) is 0.716. The van der Waals surface area contributed by atoms with Crippen molar-refractivity contribution in [3.8, 4) is 0 Å². The zero-order valence-electron chi connectivity index (χ0n) is 7.69. The topological polar surface area (TPSA) is 68.0 Å². The van der Waals surface area contributed by atoms with E-state index in [4.69, 9.17) is 4.52 Å². The highest BCUT2D eigenvalue weighted by Crippen LogP contribution is 2.38. The normalized spacial score (nSPS) is 15.1. The molecule has 0 unspecified atom stereocenters. The van der Waals surface area contributed by atoms with E-state index in [-0.39, 0.29) is 5.91 Å². The maximum atomic E-state index is 10.8. The van der Waals surface area contributed by atoms with Gasteiger partial charge >= 0.3 is 0 Å². The van der Waals surface area contributed by atoms with Gasteiger partial charge in [-0.2, -0.15) is 4.98 Å². The summed E-state index contributed by atoms with van der Waals surface area (Å²) < 4.78 is 5.02. The molecule has 5 heteroatoms. The molecule has 0 radical (unpaired) electrons. The van der Waals surface area contributed by atoms with Crippen molar-refractivity contribution in [3.05, 3.63) is 24.4 Å². The van der Waals surface area contributed by atoms with Crippen molar-refractivity contribution in [2.45, 2.75) is 25.3 Å². The summed E-state index contributed by atoms with van der Waals surface area (Å²) >= 11 is 0. The van der Waals surface area contributed by atoms with Gasteiger partial charge in [0.05, 0.1) is 6.54 Å². The lowest BCUT2D eigenvalue weighted by Gasteiger charge is -1.94. The second kappa shape index (κ2) is 3.61. The zero-order chi connectivity index (χ0) is 9.97. The fraction of sp³-hybridized carbons (Fsp3) is 0.444. The number of hydrogen-bond donors (Lipinski definition) is 1. The average molecular weight is 193 g/mol. The molecule has 1 aromatic rings. The Morgan fingerprint density at radius 2 is 2.50 bits per heavy atom. The van der Waals surface area contributed by atoms with Crippen LogP contribution in [-0.4, -0.2) is 16.0 Å². The van der Waals surface area contributed by atoms with Gasteiger partial charge in [0, 0.05) is 5.92 Å². The Hall–Kier alpha value is -1.65. The number of carbonyl (C=O) groups excluding carboxylic acids is 1. The minimum Gasteiger partial charge on any atom is -0.345 e. The lowest BCUT2D eigenvalue weighted by Crippen LogP contribution is -2.20. The third-order valence-electron chi connectivity index (χ3n) is 2.02. The predicted molar refractivity (Wildman–Crippen MR) is 48.3 cm³/mol. The standard InChI is InChI=1S/C9H11N3O2/c1-2-8(13)10-5-7-11-9(14-12-7)6-3-4-6/h2,6H,1,3-5H2,(H,10,13). The average Bonchev–Trinajstić information content (AvgIpc) is 2.95. The second-order valence-corrected chi connectivity index (χ2v) is 3.25. The first-order chi connectivity index (χ1) is 6.79. The number of amides is 1. The largest absolute Gasteiger partial charge is 0.345 e. The van der Waals surface area contributed by atoms with Gasteiger partial charge in [-0.05, 0) is 18.9 Å². The Morgan fingerprint density at radius 1 is 1.71 bits per heavy atom. The van der Waals surface area contributed by atoms with Gasteiger partial charge in [0.25, 0.3) is 0 Å². The third-order valence-corrected chi connectivity index (χ3v) is 2.02. The van der Waals surface area contributed by atoms with Crippen LogP contribution >= 0.6 is 0 Å². The summed E-state index contributed by atoms with van der Waals surface area (Å²) in [7, 11) is 0. The zero-order valence-corrected chi connectivity index (χ0v) is 7.69. The molecule has 1 amide bonds. The van der Waals surface area contributed by atoms with Gasteiger partial charge < -0.3 is 9.84 Å². The number of carbonyl (C=O) groups is 1. The van der Waals surface area contributed by atoms with E-state index in [1.807, 2.05) is 0 Å². The molecule has 0 aliphatic heterocycles. The molecule has 5 nitrogen and oxygen atoms in total. The number of aromatic nitrogens is 2. The van der Waals surface area contributed by atoms with Crippen molar-refractivity contribution >= 4 is 5.91 Å². The van der Waals surface area contributed by atoms with Gasteiger partial charge in [0.15, 0.2) is 5.82 Å². The van der Waals surface area contributed by atoms with Crippen LogP contribution in [0.15, 0.2) is 17.2 Å². The Labute approximate surface area is 81.2 Å². The van der Waals surface area contributed by atoms with Crippen LogP contribution in [0.5, 0.6) is 0 Å². The van der Waals surface area contributed by atoms with Crippen molar-refractivity contribution in [2.75, 3.05) is 0 Å². The number of hydrogen-bond acceptors (Lipinski definition) is 4. The smallest absolute Gasteiger partial charge is 0.243 e. The minimum atomic E-state index is -0.234. The summed E-state index contributed by atoms with van der Waals surface area (Å²) in [4.78, 5) is 15.0. The molecule has 1 saturated carbocycles. The fourth-order valence-electron chi connectivity index (χ4n) is 1.07. The van der Waals surface area contributed by atoms with Crippen molar-refractivity contribution < 1.29 is 9.32 Å². The van der Waals surface area contributed by atoms with Gasteiger partial charge in [0.2, 0.25) is 11.8 Å². The summed E-state index contributed by atoms with van der Waals surface area (Å²) in [6.07, 6.45) is 3.46. The molecule has 0 aromatic carbocycles. The van der Waals surface area contributed by atoms with Gasteiger partial charge in [-0.25, -0.2) is 0 Å². The molecule has 0 bridgehead atoms. The van der Waals surface area contributed by atoms with E-state index in [0.29, 0.717) is 24.2 Å². The van der Waals surface area contributed by atoms with E-state index in [1.165, 1.54) is 6.08 Å². The van der Waals surface area contributed by atoms with Crippen LogP contribution in [0.2, 0.25) is 0 Å². The summed E-state index contributed by atoms with van der Waals surface area (Å²) in [6.45, 7) is 3.63. The molecule has 1 heterocycles. The third kappa shape index (κ3) is 1.99. The van der Waals surface area contributed by atoms with Crippen molar-refractivity contribution in [3.63, 3.8) is 0 Å². The fourth-order valence-corrected chi connectivity index (χ4v) is 1.07. The Kier molecular flexibility index (Phi) is 2.30. The Bertz CT molecular complexity index is 355. The first-order valence-corrected chi connectivity index (χ1v) is 4.52. The van der Waals surface area contributed by atoms with Crippen LogP contribution in [0.1, 0.15) is 30.5 Å². The summed E-state index contributed by atoms with van der Waals surface area (Å²) in [5.74, 6) is 1.42. The molecule has 0 atom stereocenters. The Morgan fingerprint density at radius 3 is 3.14 bits per heavy atom. The number of rotatable bonds is 4. The van der Waals surface area contributed by atoms with Crippen molar-refractivity contribution in [1.29, 1.82) is 0 Å². The highest BCUT2D eigenvalue weighted by molar-refractivity contribution is 5.86. The van der Waals surface area contributed by atoms with E-state index >= 15 is 0 Å². The number of nitrogens with zero attached hydrogens (tertiary/aromatic N) is 2. The van der Waals surface area contributed by atoms with Gasteiger partial charge in [-0.1, -0.05) is 11.7 Å². The molecular weight excluding hydrogens is 182 g/mol. The van der Waals surface area contributed by atoms with E-state index < -0.39 is 0 Å². The molecule has 74 valence electrons. The highest BCUT2D eigenvalue weighted by Gasteiger charge is 2.29. The van der Waals surface area contributed by atoms with Gasteiger partial charge in [-0.15, -0.1) is 0 Å². The lowest BCUT2D eigenvalue weighted by molar-refractivity contribution is -0.116. The van der Waals surface area contributed by atoms with Gasteiger partial charge in [-0.3, -0.25) is 4.79 Å². The van der Waals surface area contributed by atoms with E-state index in [1.54, 1.807) is 0 Å². The van der Waals surface area contributed by atoms with Crippen molar-refractivity contribution in [2.24, 2.45) is 0 Å². The first-order valence-electron chi connectivity index (χ1n) is 4.52. The van der Waals surface area contributed by atoms with E-state index in [2.05, 4.69) is 22.0 Å². The molecule has 1 fully saturated rings. The van der Waals surface area contributed by atoms with Crippen LogP contribution in [0.3, 0.4) is 0 Å². The first kappa shape index (κ1) is 8.93. The highest BCUT2D eigenvalue weighted by atomic mass is 16.5. The maximum absolute atomic E-state index is 10.8. The monoisotopic (exact) mass is 193 g/mol. The minimum absolute atomic E-state index is 0.234. The molecule has 1 aromatic heterocycles. The second-order valence-electron chi connectivity index (χ2n) is 3.25. The van der Waals surface area contributed by atoms with E-state index in [0.717, 1.165) is 12.8 Å². The summed E-state index contributed by atoms with van der Waals surface area (Å²) in [6, 6.07) is 0. The van der Waals surface area contributed by atoms with Crippen LogP contribution < -0.4 is 5.32 Å². The van der Waals surface area contributed by atoms with Crippen LogP contribution in [0.25, 0.3) is 0 Å². The van der Waals surface area contributed by atoms with Crippen LogP contribution in [0.4, 0.5) is 0 Å². The maximum Gasteiger partial charge on any atom is 0.243 e. The lowest BCUT2D eigenvalue weighted by atomic mass is 10.4. The SMILES string of the molecule is C=CC(=O)NCc1noc(C2CC2)n1. The summed E-state index contributed by atoms with van der Waals surface area (Å²) in [5.41, 5.74) is 0. The molecule has 2 rings (SSSR count). The molecule has 1 aliphatic rings. The van der Waals surface area contributed by atoms with E-state index in [9.17, 15) is 4.79 Å². The molecule has 14 heavy (non-hydrogen) atoms. The van der Waals surface area contributed by atoms with Crippen molar-refractivity contribution in [1.82, 2.24) is 15.5 Å². The summed E-state index contributed by atoms with van der Waals surface area (Å²) in [5, 5.41) is 6.33. The molecule has 0 spiro atoms. The molecule has 1 aliphatic carbocycles. The van der Waals surface area contributed by atoms with Gasteiger partial charge in [0.1, 0.15) is 0 Å².